The Kier molecular flexibility index (Phi) is 9.09. The molecule has 1 amide bonds. The van der Waals surface area contributed by atoms with E-state index in [1.54, 1.807) is 43.4 Å². The number of benzene rings is 2. The van der Waals surface area contributed by atoms with E-state index in [1.807, 2.05) is 18.2 Å². The van der Waals surface area contributed by atoms with Crippen molar-refractivity contribution in [2.45, 2.75) is 12.8 Å². The summed E-state index contributed by atoms with van der Waals surface area (Å²) in [7, 11) is 4.57. The predicted octanol–water partition coefficient (Wildman–Crippen LogP) is 3.02. The average molecular weight is 481 g/mol. The molecule has 3 rings (SSSR count). The number of ether oxygens (including phenoxy) is 5. The number of rotatable bonds is 9. The third-order valence-corrected chi connectivity index (χ3v) is 5.44. The molecule has 0 saturated carbocycles. The van der Waals surface area contributed by atoms with E-state index in [-0.39, 0.29) is 23.7 Å². The van der Waals surface area contributed by atoms with Gasteiger partial charge in [0, 0.05) is 19.5 Å². The highest BCUT2D eigenvalue weighted by atomic mass is 16.6. The fraction of sp³-hybridized carbons (Fsp3) is 0.346. The van der Waals surface area contributed by atoms with Crippen LogP contribution in [0.25, 0.3) is 6.08 Å². The molecule has 35 heavy (non-hydrogen) atoms. The van der Waals surface area contributed by atoms with Crippen molar-refractivity contribution in [1.82, 2.24) is 4.90 Å². The molecule has 0 bridgehead atoms. The maximum atomic E-state index is 12.6. The molecule has 0 radical (unpaired) electrons. The third kappa shape index (κ3) is 6.74. The van der Waals surface area contributed by atoms with Crippen LogP contribution in [0.15, 0.2) is 42.0 Å². The van der Waals surface area contributed by atoms with E-state index < -0.39 is 5.97 Å². The standard InChI is InChI=1S/C26H28N2O7/c1-31-21-7-4-18(15-23(21)32-2)6-9-25(29)35-22-8-5-19(16-24(22)33-3)14-20(17-27)26(30)28-10-12-34-13-11-28/h4-5,7-8,14-16H,6,9-13H2,1-3H3/b20-14+. The number of morpholine rings is 1. The van der Waals surface area contributed by atoms with E-state index in [2.05, 4.69) is 0 Å². The van der Waals surface area contributed by atoms with Crippen molar-refractivity contribution in [2.75, 3.05) is 47.6 Å². The molecule has 1 heterocycles. The molecule has 2 aromatic rings. The van der Waals surface area contributed by atoms with Gasteiger partial charge in [0.1, 0.15) is 11.6 Å². The number of carbonyl (C=O) groups is 2. The van der Waals surface area contributed by atoms with Crippen molar-refractivity contribution in [1.29, 1.82) is 5.26 Å². The molecule has 0 spiro atoms. The average Bonchev–Trinajstić information content (AvgIpc) is 2.91. The number of nitriles is 1. The van der Waals surface area contributed by atoms with E-state index in [4.69, 9.17) is 23.7 Å². The largest absolute Gasteiger partial charge is 0.493 e. The van der Waals surface area contributed by atoms with E-state index in [1.165, 1.54) is 13.2 Å². The highest BCUT2D eigenvalue weighted by Crippen LogP contribution is 2.30. The van der Waals surface area contributed by atoms with Crippen LogP contribution in [0, 0.1) is 11.3 Å². The van der Waals surface area contributed by atoms with Crippen LogP contribution >= 0.6 is 0 Å². The molecule has 0 unspecified atom stereocenters. The monoisotopic (exact) mass is 480 g/mol. The second-order valence-corrected chi connectivity index (χ2v) is 7.65. The SMILES string of the molecule is COc1ccc(CCC(=O)Oc2ccc(/C=C(\C#N)C(=O)N3CCOCC3)cc2OC)cc1OC. The summed E-state index contributed by atoms with van der Waals surface area (Å²) in [6, 6.07) is 12.3. The lowest BCUT2D eigenvalue weighted by molar-refractivity contribution is -0.134. The van der Waals surface area contributed by atoms with Crippen LogP contribution in [0.3, 0.4) is 0 Å². The molecular weight excluding hydrogens is 452 g/mol. The first-order valence-corrected chi connectivity index (χ1v) is 11.1. The Morgan fingerprint density at radius 2 is 1.63 bits per heavy atom. The van der Waals surface area contributed by atoms with Gasteiger partial charge in [0.15, 0.2) is 23.0 Å². The smallest absolute Gasteiger partial charge is 0.311 e. The molecule has 9 nitrogen and oxygen atoms in total. The molecule has 0 aromatic heterocycles. The van der Waals surface area contributed by atoms with E-state index in [0.717, 1.165) is 5.56 Å². The van der Waals surface area contributed by atoms with Crippen molar-refractivity contribution < 1.29 is 33.3 Å². The molecule has 0 aliphatic carbocycles. The lowest BCUT2D eigenvalue weighted by Gasteiger charge is -2.26. The molecule has 9 heteroatoms. The van der Waals surface area contributed by atoms with Gasteiger partial charge in [-0.25, -0.2) is 0 Å². The topological polar surface area (TPSA) is 107 Å². The number of aryl methyl sites for hydroxylation is 1. The fourth-order valence-corrected chi connectivity index (χ4v) is 3.56. The molecular formula is C26H28N2O7. The van der Waals surface area contributed by atoms with Crippen molar-refractivity contribution in [3.63, 3.8) is 0 Å². The maximum absolute atomic E-state index is 12.6. The summed E-state index contributed by atoms with van der Waals surface area (Å²) in [6.07, 6.45) is 2.09. The number of nitrogens with zero attached hydrogens (tertiary/aromatic N) is 2. The van der Waals surface area contributed by atoms with Crippen molar-refractivity contribution in [3.05, 3.63) is 53.1 Å². The Balaban J connectivity index is 1.66. The molecule has 1 aliphatic heterocycles. The minimum atomic E-state index is -0.429. The number of esters is 1. The van der Waals surface area contributed by atoms with Gasteiger partial charge in [0.25, 0.3) is 5.91 Å². The quantitative estimate of drug-likeness (QED) is 0.233. The van der Waals surface area contributed by atoms with Crippen LogP contribution < -0.4 is 18.9 Å². The summed E-state index contributed by atoms with van der Waals surface area (Å²) >= 11 is 0. The summed E-state index contributed by atoms with van der Waals surface area (Å²) < 4.78 is 26.6. The normalized spacial score (nSPS) is 13.5. The van der Waals surface area contributed by atoms with Gasteiger partial charge in [0.2, 0.25) is 0 Å². The molecule has 2 aromatic carbocycles. The zero-order valence-electron chi connectivity index (χ0n) is 20.0. The zero-order chi connectivity index (χ0) is 25.2. The summed E-state index contributed by atoms with van der Waals surface area (Å²) in [5, 5.41) is 9.49. The van der Waals surface area contributed by atoms with Gasteiger partial charge in [-0.2, -0.15) is 5.26 Å². The van der Waals surface area contributed by atoms with Gasteiger partial charge in [-0.15, -0.1) is 0 Å². The number of hydrogen-bond donors (Lipinski definition) is 0. The number of methoxy groups -OCH3 is 3. The van der Waals surface area contributed by atoms with Gasteiger partial charge in [-0.05, 0) is 47.9 Å². The third-order valence-electron chi connectivity index (χ3n) is 5.44. The van der Waals surface area contributed by atoms with Crippen molar-refractivity contribution in [3.8, 4) is 29.1 Å². The number of carbonyl (C=O) groups excluding carboxylic acids is 2. The van der Waals surface area contributed by atoms with Gasteiger partial charge >= 0.3 is 5.97 Å². The molecule has 0 N–H and O–H groups in total. The second kappa shape index (κ2) is 12.4. The van der Waals surface area contributed by atoms with Crippen LogP contribution in [0.5, 0.6) is 23.0 Å². The molecule has 0 atom stereocenters. The minimum Gasteiger partial charge on any atom is -0.493 e. The highest BCUT2D eigenvalue weighted by Gasteiger charge is 2.21. The summed E-state index contributed by atoms with van der Waals surface area (Å²) in [4.78, 5) is 26.7. The summed E-state index contributed by atoms with van der Waals surface area (Å²) in [5.41, 5.74) is 1.49. The first kappa shape index (κ1) is 25.6. The molecule has 184 valence electrons. The lowest BCUT2D eigenvalue weighted by atomic mass is 10.1. The van der Waals surface area contributed by atoms with Gasteiger partial charge in [0.05, 0.1) is 34.5 Å². The van der Waals surface area contributed by atoms with Gasteiger partial charge < -0.3 is 28.6 Å². The molecule has 1 saturated heterocycles. The first-order valence-electron chi connectivity index (χ1n) is 11.1. The maximum Gasteiger partial charge on any atom is 0.311 e. The van der Waals surface area contributed by atoms with E-state index in [0.29, 0.717) is 55.5 Å². The first-order chi connectivity index (χ1) is 17.0. The predicted molar refractivity (Wildman–Crippen MR) is 127 cm³/mol. The summed E-state index contributed by atoms with van der Waals surface area (Å²) in [6.45, 7) is 1.79. The lowest BCUT2D eigenvalue weighted by Crippen LogP contribution is -2.41. The van der Waals surface area contributed by atoms with Crippen molar-refractivity contribution >= 4 is 18.0 Å². The number of hydrogen-bond acceptors (Lipinski definition) is 8. The zero-order valence-corrected chi connectivity index (χ0v) is 20.0. The van der Waals surface area contributed by atoms with Crippen molar-refractivity contribution in [2.24, 2.45) is 0 Å². The van der Waals surface area contributed by atoms with Gasteiger partial charge in [-0.3, -0.25) is 9.59 Å². The Morgan fingerprint density at radius 1 is 0.971 bits per heavy atom. The summed E-state index contributed by atoms with van der Waals surface area (Å²) in [5.74, 6) is 0.993. The number of amides is 1. The Morgan fingerprint density at radius 3 is 2.29 bits per heavy atom. The Labute approximate surface area is 204 Å². The molecule has 1 fully saturated rings. The Hall–Kier alpha value is -4.03. The van der Waals surface area contributed by atoms with Crippen LogP contribution in [0.1, 0.15) is 17.5 Å². The van der Waals surface area contributed by atoms with Crippen LogP contribution in [-0.4, -0.2) is 64.4 Å². The molecule has 1 aliphatic rings. The van der Waals surface area contributed by atoms with Gasteiger partial charge in [-0.1, -0.05) is 12.1 Å². The Bertz CT molecular complexity index is 1130. The van der Waals surface area contributed by atoms with Crippen LogP contribution in [0.2, 0.25) is 0 Å². The van der Waals surface area contributed by atoms with E-state index in [9.17, 15) is 14.9 Å². The fourth-order valence-electron chi connectivity index (χ4n) is 3.56. The van der Waals surface area contributed by atoms with Crippen LogP contribution in [0.4, 0.5) is 0 Å². The minimum absolute atomic E-state index is 0.00798. The highest BCUT2D eigenvalue weighted by molar-refractivity contribution is 6.01. The van der Waals surface area contributed by atoms with E-state index >= 15 is 0 Å². The van der Waals surface area contributed by atoms with Crippen LogP contribution in [-0.2, 0) is 20.7 Å². The second-order valence-electron chi connectivity index (χ2n) is 7.65.